The monoisotopic (exact) mass is 417 g/mol. The summed E-state index contributed by atoms with van der Waals surface area (Å²) < 4.78 is 11.2. The summed E-state index contributed by atoms with van der Waals surface area (Å²) >= 11 is 6.24. The van der Waals surface area contributed by atoms with E-state index in [2.05, 4.69) is 10.2 Å². The van der Waals surface area contributed by atoms with E-state index in [0.29, 0.717) is 45.5 Å². The van der Waals surface area contributed by atoms with Gasteiger partial charge in [0.25, 0.3) is 5.91 Å². The molecule has 0 spiro atoms. The SMILES string of the molecule is Cc1cc2c(N)c(Cl)cc(C(=O)NCC3C4CN(CC5CCOCC5)CC34)c2o1. The first-order chi connectivity index (χ1) is 14.0. The first-order valence-electron chi connectivity index (χ1n) is 10.6. The van der Waals surface area contributed by atoms with Crippen LogP contribution in [0.1, 0.15) is 29.0 Å². The van der Waals surface area contributed by atoms with E-state index in [9.17, 15) is 4.79 Å². The molecule has 0 bridgehead atoms. The van der Waals surface area contributed by atoms with Crippen LogP contribution in [0.4, 0.5) is 5.69 Å². The average molecular weight is 418 g/mol. The maximum absolute atomic E-state index is 12.8. The first-order valence-corrected chi connectivity index (χ1v) is 11.0. The third-order valence-corrected chi connectivity index (χ3v) is 7.28. The van der Waals surface area contributed by atoms with Gasteiger partial charge in [-0.05, 0) is 55.6 Å². The lowest BCUT2D eigenvalue weighted by atomic mass is 9.99. The van der Waals surface area contributed by atoms with Crippen LogP contribution in [-0.2, 0) is 4.74 Å². The third-order valence-electron chi connectivity index (χ3n) is 6.97. The number of benzene rings is 1. The van der Waals surface area contributed by atoms with Crippen molar-refractivity contribution in [3.63, 3.8) is 0 Å². The molecule has 1 amide bonds. The van der Waals surface area contributed by atoms with Gasteiger partial charge in [0.1, 0.15) is 11.3 Å². The number of nitrogens with two attached hydrogens (primary N) is 1. The zero-order chi connectivity index (χ0) is 20.1. The summed E-state index contributed by atoms with van der Waals surface area (Å²) in [6, 6.07) is 3.44. The Labute approximate surface area is 175 Å². The molecule has 3 N–H and O–H groups in total. The molecular formula is C22H28ClN3O3. The molecule has 3 aliphatic rings. The van der Waals surface area contributed by atoms with Crippen molar-refractivity contribution in [1.29, 1.82) is 0 Å². The lowest BCUT2D eigenvalue weighted by molar-refractivity contribution is 0.0535. The van der Waals surface area contributed by atoms with Gasteiger partial charge < -0.3 is 25.1 Å². The molecule has 7 heteroatoms. The molecule has 3 fully saturated rings. The molecule has 1 aromatic carbocycles. The van der Waals surface area contributed by atoms with Crippen molar-refractivity contribution in [3.8, 4) is 0 Å². The molecule has 2 aliphatic heterocycles. The first kappa shape index (κ1) is 19.2. The number of halogens is 1. The van der Waals surface area contributed by atoms with Crippen molar-refractivity contribution < 1.29 is 13.9 Å². The zero-order valence-electron chi connectivity index (χ0n) is 16.7. The summed E-state index contributed by atoms with van der Waals surface area (Å²) in [5, 5.41) is 4.19. The molecule has 2 aromatic rings. The molecule has 5 rings (SSSR count). The van der Waals surface area contributed by atoms with E-state index in [-0.39, 0.29) is 5.91 Å². The van der Waals surface area contributed by atoms with Crippen LogP contribution in [0.2, 0.25) is 5.02 Å². The third kappa shape index (κ3) is 3.62. The topological polar surface area (TPSA) is 80.7 Å². The summed E-state index contributed by atoms with van der Waals surface area (Å²) in [5.41, 5.74) is 7.47. The van der Waals surface area contributed by atoms with Crippen molar-refractivity contribution in [2.24, 2.45) is 23.7 Å². The second-order valence-electron chi connectivity index (χ2n) is 8.90. The Morgan fingerprint density at radius 1 is 1.28 bits per heavy atom. The van der Waals surface area contributed by atoms with Crippen LogP contribution >= 0.6 is 11.6 Å². The Bertz CT molecular complexity index is 925. The molecule has 6 nitrogen and oxygen atoms in total. The van der Waals surface area contributed by atoms with E-state index in [1.807, 2.05) is 13.0 Å². The molecule has 2 atom stereocenters. The molecule has 2 saturated heterocycles. The number of piperidine rings is 1. The van der Waals surface area contributed by atoms with Gasteiger partial charge in [-0.25, -0.2) is 0 Å². The van der Waals surface area contributed by atoms with Crippen molar-refractivity contribution in [2.75, 3.05) is 45.1 Å². The van der Waals surface area contributed by atoms with Crippen LogP contribution in [0.5, 0.6) is 0 Å². The smallest absolute Gasteiger partial charge is 0.255 e. The minimum Gasteiger partial charge on any atom is -0.460 e. The standard InChI is InChI=1S/C22H28ClN3O3/c1-12-6-14-20(24)19(23)7-15(21(14)29-12)22(27)25-8-16-17-10-26(11-18(16)17)9-13-2-4-28-5-3-13/h6-7,13,16-18H,2-5,8-11,24H2,1H3,(H,25,27). The number of anilines is 1. The van der Waals surface area contributed by atoms with Crippen molar-refractivity contribution >= 4 is 34.2 Å². The number of ether oxygens (including phenoxy) is 1. The second-order valence-corrected chi connectivity index (χ2v) is 9.30. The van der Waals surface area contributed by atoms with Crippen LogP contribution in [0.3, 0.4) is 0 Å². The fraction of sp³-hybridized carbons (Fsp3) is 0.591. The van der Waals surface area contributed by atoms with E-state index in [4.69, 9.17) is 26.5 Å². The summed E-state index contributed by atoms with van der Waals surface area (Å²) in [7, 11) is 0. The minimum atomic E-state index is -0.143. The van der Waals surface area contributed by atoms with E-state index in [0.717, 1.165) is 44.1 Å². The number of rotatable bonds is 5. The molecule has 3 heterocycles. The predicted octanol–water partition coefficient (Wildman–Crippen LogP) is 3.31. The number of hydrogen-bond donors (Lipinski definition) is 2. The number of hydrogen-bond acceptors (Lipinski definition) is 5. The number of likely N-dealkylation sites (tertiary alicyclic amines) is 1. The maximum atomic E-state index is 12.8. The highest BCUT2D eigenvalue weighted by atomic mass is 35.5. The van der Waals surface area contributed by atoms with Gasteiger partial charge in [-0.1, -0.05) is 11.6 Å². The van der Waals surface area contributed by atoms with Gasteiger partial charge in [-0.2, -0.15) is 0 Å². The Hall–Kier alpha value is -1.76. The Kier molecular flexibility index (Phi) is 4.96. The van der Waals surface area contributed by atoms with Gasteiger partial charge in [0.2, 0.25) is 0 Å². The lowest BCUT2D eigenvalue weighted by Gasteiger charge is -2.28. The van der Waals surface area contributed by atoms with Crippen LogP contribution < -0.4 is 11.1 Å². The molecule has 0 radical (unpaired) electrons. The molecule has 29 heavy (non-hydrogen) atoms. The Morgan fingerprint density at radius 3 is 2.72 bits per heavy atom. The number of aryl methyl sites for hydroxylation is 1. The van der Waals surface area contributed by atoms with Gasteiger partial charge in [0.05, 0.1) is 16.3 Å². The second kappa shape index (κ2) is 7.49. The van der Waals surface area contributed by atoms with E-state index < -0.39 is 0 Å². The summed E-state index contributed by atoms with van der Waals surface area (Å²) in [5.74, 6) is 3.38. The quantitative estimate of drug-likeness (QED) is 0.729. The summed E-state index contributed by atoms with van der Waals surface area (Å²) in [6.07, 6.45) is 2.38. The van der Waals surface area contributed by atoms with Crippen molar-refractivity contribution in [1.82, 2.24) is 10.2 Å². The fourth-order valence-electron chi connectivity index (χ4n) is 5.27. The molecule has 1 saturated carbocycles. The van der Waals surface area contributed by atoms with Gasteiger partial charge in [-0.15, -0.1) is 0 Å². The van der Waals surface area contributed by atoms with Crippen molar-refractivity contribution in [2.45, 2.75) is 19.8 Å². The number of amides is 1. The van der Waals surface area contributed by atoms with Gasteiger partial charge in [0, 0.05) is 44.8 Å². The Morgan fingerprint density at radius 2 is 2.00 bits per heavy atom. The number of carbonyl (C=O) groups is 1. The number of carbonyl (C=O) groups excluding carboxylic acids is 1. The normalized spacial score (nSPS) is 27.3. The Balaban J connectivity index is 1.16. The van der Waals surface area contributed by atoms with Gasteiger partial charge in [0.15, 0.2) is 0 Å². The van der Waals surface area contributed by atoms with Crippen molar-refractivity contribution in [3.05, 3.63) is 28.5 Å². The summed E-state index contributed by atoms with van der Waals surface area (Å²) in [6.45, 7) is 7.91. The predicted molar refractivity (Wildman–Crippen MR) is 113 cm³/mol. The zero-order valence-corrected chi connectivity index (χ0v) is 17.5. The fourth-order valence-corrected chi connectivity index (χ4v) is 5.48. The molecule has 2 unspecified atom stereocenters. The van der Waals surface area contributed by atoms with E-state index in [1.54, 1.807) is 6.07 Å². The highest BCUT2D eigenvalue weighted by Gasteiger charge is 2.55. The molecule has 156 valence electrons. The molecule has 1 aromatic heterocycles. The van der Waals surface area contributed by atoms with Gasteiger partial charge in [-0.3, -0.25) is 4.79 Å². The molecular weight excluding hydrogens is 390 g/mol. The summed E-state index contributed by atoms with van der Waals surface area (Å²) in [4.78, 5) is 15.4. The lowest BCUT2D eigenvalue weighted by Crippen LogP contribution is -2.34. The van der Waals surface area contributed by atoms with Crippen LogP contribution in [0.15, 0.2) is 16.5 Å². The van der Waals surface area contributed by atoms with E-state index >= 15 is 0 Å². The van der Waals surface area contributed by atoms with Crippen LogP contribution in [-0.4, -0.2) is 50.2 Å². The van der Waals surface area contributed by atoms with E-state index in [1.165, 1.54) is 19.4 Å². The van der Waals surface area contributed by atoms with Gasteiger partial charge >= 0.3 is 0 Å². The van der Waals surface area contributed by atoms with Crippen LogP contribution in [0, 0.1) is 30.6 Å². The number of nitrogen functional groups attached to an aromatic ring is 1. The number of furan rings is 1. The molecule has 1 aliphatic carbocycles. The highest BCUT2D eigenvalue weighted by molar-refractivity contribution is 6.35. The maximum Gasteiger partial charge on any atom is 0.255 e. The number of nitrogens with one attached hydrogen (secondary N) is 1. The number of fused-ring (bicyclic) bond motifs is 2. The highest BCUT2D eigenvalue weighted by Crippen LogP contribution is 2.51. The minimum absolute atomic E-state index is 0.143. The average Bonchev–Trinajstić information content (AvgIpc) is 3.03. The van der Waals surface area contributed by atoms with Crippen LogP contribution in [0.25, 0.3) is 11.0 Å². The largest absolute Gasteiger partial charge is 0.460 e. The number of nitrogens with zero attached hydrogens (tertiary/aromatic N) is 1.